The monoisotopic (exact) mass is 353 g/mol. The summed E-state index contributed by atoms with van der Waals surface area (Å²) in [7, 11) is 0. The zero-order chi connectivity index (χ0) is 18.8. The summed E-state index contributed by atoms with van der Waals surface area (Å²) in [4.78, 5) is 23.2. The first-order valence-electron chi connectivity index (χ1n) is 9.95. The Balaban J connectivity index is 2.76. The van der Waals surface area contributed by atoms with Gasteiger partial charge in [0.15, 0.2) is 5.96 Å². The van der Waals surface area contributed by atoms with Gasteiger partial charge in [-0.1, -0.05) is 27.7 Å². The van der Waals surface area contributed by atoms with Gasteiger partial charge in [-0.3, -0.25) is 14.7 Å². The van der Waals surface area contributed by atoms with Crippen molar-refractivity contribution in [1.82, 2.24) is 20.0 Å². The molecule has 0 aromatic rings. The fraction of sp³-hybridized carbons (Fsp3) is 0.895. The molecule has 0 bridgehead atoms. The summed E-state index contributed by atoms with van der Waals surface area (Å²) in [6.45, 7) is 19.9. The van der Waals surface area contributed by atoms with Crippen LogP contribution < -0.4 is 5.32 Å². The Hall–Kier alpha value is -1.30. The van der Waals surface area contributed by atoms with Crippen molar-refractivity contribution in [3.63, 3.8) is 0 Å². The van der Waals surface area contributed by atoms with Crippen LogP contribution in [0.5, 0.6) is 0 Å². The third kappa shape index (κ3) is 7.22. The van der Waals surface area contributed by atoms with E-state index in [4.69, 9.17) is 4.99 Å². The van der Waals surface area contributed by atoms with Crippen LogP contribution in [0.4, 0.5) is 0 Å². The summed E-state index contributed by atoms with van der Waals surface area (Å²) in [6, 6.07) is 0.488. The first-order chi connectivity index (χ1) is 11.9. The third-order valence-electron chi connectivity index (χ3n) is 4.88. The summed E-state index contributed by atoms with van der Waals surface area (Å²) in [5.74, 6) is 1.83. The number of carbonyl (C=O) groups excluding carboxylic acids is 1. The van der Waals surface area contributed by atoms with E-state index in [1.54, 1.807) is 6.92 Å². The molecular formula is C19H39N5O. The van der Waals surface area contributed by atoms with E-state index in [1.807, 2.05) is 4.90 Å². The minimum atomic E-state index is 0.167. The van der Waals surface area contributed by atoms with Gasteiger partial charge < -0.3 is 15.1 Å². The molecule has 1 aliphatic heterocycles. The molecule has 25 heavy (non-hydrogen) atoms. The number of hydrogen-bond donors (Lipinski definition) is 1. The van der Waals surface area contributed by atoms with Crippen molar-refractivity contribution in [2.75, 3.05) is 52.4 Å². The van der Waals surface area contributed by atoms with Crippen molar-refractivity contribution >= 4 is 11.9 Å². The highest BCUT2D eigenvalue weighted by Crippen LogP contribution is 2.12. The van der Waals surface area contributed by atoms with E-state index in [9.17, 15) is 4.79 Å². The van der Waals surface area contributed by atoms with Crippen LogP contribution in [0.3, 0.4) is 0 Å². The number of amides is 1. The molecule has 1 unspecified atom stereocenters. The molecule has 1 fully saturated rings. The van der Waals surface area contributed by atoms with Crippen molar-refractivity contribution in [1.29, 1.82) is 0 Å². The van der Waals surface area contributed by atoms with Crippen LogP contribution in [-0.4, -0.2) is 85.0 Å². The third-order valence-corrected chi connectivity index (χ3v) is 4.88. The molecule has 0 aromatic carbocycles. The maximum Gasteiger partial charge on any atom is 0.219 e. The van der Waals surface area contributed by atoms with Crippen LogP contribution in [0, 0.1) is 5.92 Å². The lowest BCUT2D eigenvalue weighted by atomic mass is 10.0. The van der Waals surface area contributed by atoms with Crippen LogP contribution in [0.2, 0.25) is 0 Å². The largest absolute Gasteiger partial charge is 0.357 e. The number of piperazine rings is 1. The van der Waals surface area contributed by atoms with Crippen molar-refractivity contribution in [3.05, 3.63) is 0 Å². The van der Waals surface area contributed by atoms with Crippen molar-refractivity contribution in [3.8, 4) is 0 Å². The van der Waals surface area contributed by atoms with E-state index in [0.29, 0.717) is 12.0 Å². The van der Waals surface area contributed by atoms with Crippen LogP contribution >= 0.6 is 0 Å². The maximum absolute atomic E-state index is 11.5. The van der Waals surface area contributed by atoms with Gasteiger partial charge in [0, 0.05) is 45.7 Å². The Morgan fingerprint density at radius 3 is 2.08 bits per heavy atom. The highest BCUT2D eigenvalue weighted by Gasteiger charge is 2.22. The zero-order valence-corrected chi connectivity index (χ0v) is 17.2. The second-order valence-electron chi connectivity index (χ2n) is 7.19. The molecule has 0 aliphatic carbocycles. The Kier molecular flexibility index (Phi) is 9.86. The van der Waals surface area contributed by atoms with Crippen molar-refractivity contribution < 1.29 is 4.79 Å². The minimum Gasteiger partial charge on any atom is -0.357 e. The van der Waals surface area contributed by atoms with Crippen LogP contribution in [-0.2, 0) is 4.79 Å². The SMILES string of the molecule is CCNC(=NCC(CC(C)C)N(CC)CC)N1CCN(C(C)=O)CC1. The summed E-state index contributed by atoms with van der Waals surface area (Å²) in [5.41, 5.74) is 0. The maximum atomic E-state index is 11.5. The van der Waals surface area contributed by atoms with Gasteiger partial charge in [0.25, 0.3) is 0 Å². The molecule has 1 N–H and O–H groups in total. The normalized spacial score (nSPS) is 17.4. The number of guanidine groups is 1. The Morgan fingerprint density at radius 1 is 1.08 bits per heavy atom. The molecule has 0 aromatic heterocycles. The van der Waals surface area contributed by atoms with E-state index in [1.165, 1.54) is 6.42 Å². The number of nitrogens with one attached hydrogen (secondary N) is 1. The molecular weight excluding hydrogens is 314 g/mol. The standard InChI is InChI=1S/C19H39N5O/c1-7-20-19(24-12-10-23(11-13-24)17(6)25)21-15-18(14-16(4)5)22(8-2)9-3/h16,18H,7-15H2,1-6H3,(H,20,21). The second kappa shape index (κ2) is 11.3. The summed E-state index contributed by atoms with van der Waals surface area (Å²) < 4.78 is 0. The summed E-state index contributed by atoms with van der Waals surface area (Å²) in [5, 5.41) is 3.43. The smallest absolute Gasteiger partial charge is 0.219 e. The Morgan fingerprint density at radius 2 is 1.64 bits per heavy atom. The average Bonchev–Trinajstić information content (AvgIpc) is 2.59. The molecule has 146 valence electrons. The molecule has 1 heterocycles. The quantitative estimate of drug-likeness (QED) is 0.535. The van der Waals surface area contributed by atoms with Gasteiger partial charge in [-0.05, 0) is 32.4 Å². The zero-order valence-electron chi connectivity index (χ0n) is 17.2. The van der Waals surface area contributed by atoms with Gasteiger partial charge in [-0.15, -0.1) is 0 Å². The molecule has 1 amide bonds. The van der Waals surface area contributed by atoms with E-state index in [-0.39, 0.29) is 5.91 Å². The lowest BCUT2D eigenvalue weighted by Crippen LogP contribution is -2.53. The van der Waals surface area contributed by atoms with E-state index < -0.39 is 0 Å². The van der Waals surface area contributed by atoms with Gasteiger partial charge in [0.1, 0.15) is 0 Å². The van der Waals surface area contributed by atoms with Crippen molar-refractivity contribution in [2.24, 2.45) is 10.9 Å². The number of rotatable bonds is 8. The molecule has 0 radical (unpaired) electrons. The van der Waals surface area contributed by atoms with Gasteiger partial charge in [0.05, 0.1) is 6.54 Å². The number of hydrogen-bond acceptors (Lipinski definition) is 3. The van der Waals surface area contributed by atoms with Crippen LogP contribution in [0.25, 0.3) is 0 Å². The number of carbonyl (C=O) groups is 1. The summed E-state index contributed by atoms with van der Waals surface area (Å²) >= 11 is 0. The molecule has 6 heteroatoms. The Bertz CT molecular complexity index is 412. The number of likely N-dealkylation sites (N-methyl/N-ethyl adjacent to an activating group) is 1. The van der Waals surface area contributed by atoms with Gasteiger partial charge in [0.2, 0.25) is 5.91 Å². The predicted molar refractivity (Wildman–Crippen MR) is 106 cm³/mol. The predicted octanol–water partition coefficient (Wildman–Crippen LogP) is 1.87. The van der Waals surface area contributed by atoms with Crippen LogP contribution in [0.15, 0.2) is 4.99 Å². The van der Waals surface area contributed by atoms with Gasteiger partial charge in [-0.2, -0.15) is 0 Å². The van der Waals surface area contributed by atoms with E-state index in [0.717, 1.165) is 58.3 Å². The lowest BCUT2D eigenvalue weighted by molar-refractivity contribution is -0.130. The molecule has 1 aliphatic rings. The van der Waals surface area contributed by atoms with Gasteiger partial charge in [-0.25, -0.2) is 0 Å². The number of aliphatic imine (C=N–C) groups is 1. The van der Waals surface area contributed by atoms with Crippen molar-refractivity contribution in [2.45, 2.75) is 54.0 Å². The Labute approximate surface area is 154 Å². The van der Waals surface area contributed by atoms with Crippen LogP contribution in [0.1, 0.15) is 48.0 Å². The highest BCUT2D eigenvalue weighted by atomic mass is 16.2. The second-order valence-corrected chi connectivity index (χ2v) is 7.19. The first kappa shape index (κ1) is 21.7. The molecule has 0 saturated carbocycles. The fourth-order valence-electron chi connectivity index (χ4n) is 3.47. The van der Waals surface area contributed by atoms with E-state index in [2.05, 4.69) is 49.7 Å². The molecule has 1 saturated heterocycles. The molecule has 1 atom stereocenters. The first-order valence-corrected chi connectivity index (χ1v) is 9.95. The molecule has 0 spiro atoms. The molecule has 6 nitrogen and oxygen atoms in total. The minimum absolute atomic E-state index is 0.167. The average molecular weight is 354 g/mol. The van der Waals surface area contributed by atoms with Gasteiger partial charge >= 0.3 is 0 Å². The number of nitrogens with zero attached hydrogens (tertiary/aromatic N) is 4. The molecule has 1 rings (SSSR count). The summed E-state index contributed by atoms with van der Waals surface area (Å²) in [6.07, 6.45) is 1.17. The topological polar surface area (TPSA) is 51.2 Å². The highest BCUT2D eigenvalue weighted by molar-refractivity contribution is 5.80. The van der Waals surface area contributed by atoms with E-state index >= 15 is 0 Å². The lowest BCUT2D eigenvalue weighted by Gasteiger charge is -2.36. The fourth-order valence-corrected chi connectivity index (χ4v) is 3.47.